The zero-order valence-corrected chi connectivity index (χ0v) is 8.56. The molecule has 0 saturated carbocycles. The lowest BCUT2D eigenvalue weighted by Crippen LogP contribution is -1.97. The third-order valence-electron chi connectivity index (χ3n) is 2.17. The van der Waals surface area contributed by atoms with Crippen LogP contribution < -0.4 is 4.74 Å². The predicted molar refractivity (Wildman–Crippen MR) is 58.8 cm³/mol. The van der Waals surface area contributed by atoms with Gasteiger partial charge >= 0.3 is 0 Å². The number of hydrogen-bond acceptors (Lipinski definition) is 2. The van der Waals surface area contributed by atoms with Gasteiger partial charge in [0.2, 0.25) is 0 Å². The monoisotopic (exact) mass is 218 g/mol. The first-order valence-corrected chi connectivity index (χ1v) is 4.91. The van der Waals surface area contributed by atoms with Crippen molar-refractivity contribution < 1.29 is 14.2 Å². The van der Waals surface area contributed by atoms with E-state index in [0.717, 1.165) is 6.07 Å². The quantitative estimate of drug-likeness (QED) is 0.857. The summed E-state index contributed by atoms with van der Waals surface area (Å²) >= 11 is 0. The van der Waals surface area contributed by atoms with Gasteiger partial charge in [-0.15, -0.1) is 0 Å². The third kappa shape index (κ3) is 2.51. The van der Waals surface area contributed by atoms with E-state index in [9.17, 15) is 4.39 Å². The Bertz CT molecular complexity index is 469. The molecule has 2 nitrogen and oxygen atoms in total. The topological polar surface area (TPSA) is 29.5 Å². The highest BCUT2D eigenvalue weighted by molar-refractivity contribution is 5.28. The normalized spacial score (nSPS) is 10.1. The maximum Gasteiger partial charge on any atom is 0.133 e. The molecule has 0 aliphatic heterocycles. The molecular weight excluding hydrogens is 207 g/mol. The first-order valence-electron chi connectivity index (χ1n) is 4.91. The molecule has 0 aromatic heterocycles. The molecule has 3 heteroatoms. The Morgan fingerprint density at radius 2 is 1.81 bits per heavy atom. The summed E-state index contributed by atoms with van der Waals surface area (Å²) in [6.45, 7) is 0.149. The van der Waals surface area contributed by atoms with Crippen LogP contribution in [-0.4, -0.2) is 5.11 Å². The highest BCUT2D eigenvalue weighted by atomic mass is 19.1. The van der Waals surface area contributed by atoms with Gasteiger partial charge in [0.05, 0.1) is 0 Å². The molecule has 0 fully saturated rings. The summed E-state index contributed by atoms with van der Waals surface area (Å²) in [4.78, 5) is 0. The lowest BCUT2D eigenvalue weighted by Gasteiger charge is -2.06. The molecule has 0 radical (unpaired) electrons. The number of para-hydroxylation sites is 1. The van der Waals surface area contributed by atoms with Gasteiger partial charge in [0.15, 0.2) is 0 Å². The van der Waals surface area contributed by atoms with Gasteiger partial charge in [-0.25, -0.2) is 4.39 Å². The van der Waals surface area contributed by atoms with Crippen molar-refractivity contribution in [1.82, 2.24) is 0 Å². The molecule has 2 aromatic rings. The summed E-state index contributed by atoms with van der Waals surface area (Å²) < 4.78 is 18.7. The minimum Gasteiger partial charge on any atom is -0.508 e. The minimum atomic E-state index is -0.462. The minimum absolute atomic E-state index is 0.0824. The van der Waals surface area contributed by atoms with E-state index < -0.39 is 5.82 Å². The zero-order valence-electron chi connectivity index (χ0n) is 8.56. The number of halogens is 1. The van der Waals surface area contributed by atoms with E-state index in [1.807, 2.05) is 18.2 Å². The zero-order chi connectivity index (χ0) is 11.4. The summed E-state index contributed by atoms with van der Waals surface area (Å²) in [7, 11) is 0. The summed E-state index contributed by atoms with van der Waals surface area (Å²) in [6.07, 6.45) is 0. The number of ether oxygens (including phenoxy) is 1. The average molecular weight is 218 g/mol. The Morgan fingerprint density at radius 1 is 1.06 bits per heavy atom. The molecule has 1 N–H and O–H groups in total. The molecule has 2 aromatic carbocycles. The molecule has 0 bridgehead atoms. The molecule has 0 atom stereocenters. The van der Waals surface area contributed by atoms with Crippen LogP contribution in [0.25, 0.3) is 0 Å². The van der Waals surface area contributed by atoms with Crippen LogP contribution in [-0.2, 0) is 6.61 Å². The maximum absolute atomic E-state index is 13.3. The fourth-order valence-electron chi connectivity index (χ4n) is 1.33. The fraction of sp³-hybridized carbons (Fsp3) is 0.0769. The molecule has 0 amide bonds. The van der Waals surface area contributed by atoms with Crippen LogP contribution in [0.5, 0.6) is 11.5 Å². The van der Waals surface area contributed by atoms with E-state index in [0.29, 0.717) is 11.3 Å². The highest BCUT2D eigenvalue weighted by Gasteiger charge is 2.03. The van der Waals surface area contributed by atoms with E-state index in [2.05, 4.69) is 0 Å². The second-order valence-corrected chi connectivity index (χ2v) is 3.38. The molecule has 82 valence electrons. The van der Waals surface area contributed by atoms with Crippen LogP contribution >= 0.6 is 0 Å². The van der Waals surface area contributed by atoms with Crippen molar-refractivity contribution >= 4 is 0 Å². The van der Waals surface area contributed by atoms with E-state index >= 15 is 0 Å². The fourth-order valence-corrected chi connectivity index (χ4v) is 1.33. The van der Waals surface area contributed by atoms with Crippen LogP contribution in [0.3, 0.4) is 0 Å². The Labute approximate surface area is 92.9 Å². The van der Waals surface area contributed by atoms with Gasteiger partial charge in [-0.3, -0.25) is 0 Å². The smallest absolute Gasteiger partial charge is 0.133 e. The maximum atomic E-state index is 13.3. The number of rotatable bonds is 3. The summed E-state index contributed by atoms with van der Waals surface area (Å²) in [5.74, 6) is 0.145. The van der Waals surface area contributed by atoms with Gasteiger partial charge in [0, 0.05) is 11.6 Å². The first kappa shape index (κ1) is 10.5. The Balaban J connectivity index is 2.05. The lowest BCUT2D eigenvalue weighted by molar-refractivity contribution is 0.299. The number of phenolic OH excluding ortho intramolecular Hbond substituents is 1. The van der Waals surface area contributed by atoms with Gasteiger partial charge in [-0.1, -0.05) is 18.2 Å². The van der Waals surface area contributed by atoms with Crippen molar-refractivity contribution in [2.45, 2.75) is 6.61 Å². The molecular formula is C13H11FO2. The molecule has 2 rings (SSSR count). The van der Waals surface area contributed by atoms with Gasteiger partial charge in [-0.2, -0.15) is 0 Å². The lowest BCUT2D eigenvalue weighted by atomic mass is 10.2. The number of benzene rings is 2. The largest absolute Gasteiger partial charge is 0.508 e. The van der Waals surface area contributed by atoms with Gasteiger partial charge in [0.25, 0.3) is 0 Å². The van der Waals surface area contributed by atoms with Gasteiger partial charge in [-0.05, 0) is 24.3 Å². The van der Waals surface area contributed by atoms with E-state index in [4.69, 9.17) is 9.84 Å². The van der Waals surface area contributed by atoms with Crippen molar-refractivity contribution in [3.63, 3.8) is 0 Å². The molecule has 16 heavy (non-hydrogen) atoms. The molecule has 0 aliphatic carbocycles. The Kier molecular flexibility index (Phi) is 3.05. The second kappa shape index (κ2) is 4.66. The molecule has 0 spiro atoms. The second-order valence-electron chi connectivity index (χ2n) is 3.38. The number of hydrogen-bond donors (Lipinski definition) is 1. The van der Waals surface area contributed by atoms with Crippen LogP contribution in [0.2, 0.25) is 0 Å². The van der Waals surface area contributed by atoms with Crippen LogP contribution in [0.4, 0.5) is 4.39 Å². The van der Waals surface area contributed by atoms with Crippen molar-refractivity contribution in [3.05, 3.63) is 59.9 Å². The van der Waals surface area contributed by atoms with Crippen molar-refractivity contribution in [2.24, 2.45) is 0 Å². The summed E-state index contributed by atoms with van der Waals surface area (Å²) in [6, 6.07) is 13.2. The van der Waals surface area contributed by atoms with E-state index in [1.54, 1.807) is 12.1 Å². The van der Waals surface area contributed by atoms with Crippen LogP contribution in [0.1, 0.15) is 5.56 Å². The van der Waals surface area contributed by atoms with Gasteiger partial charge < -0.3 is 9.84 Å². The van der Waals surface area contributed by atoms with E-state index in [1.165, 1.54) is 12.1 Å². The standard InChI is InChI=1S/C13H11FO2/c14-13-8-11(15)7-6-10(13)9-16-12-4-2-1-3-5-12/h1-8,15H,9H2. The number of phenols is 1. The molecule has 0 saturated heterocycles. The van der Waals surface area contributed by atoms with Crippen molar-refractivity contribution in [2.75, 3.05) is 0 Å². The molecule has 0 aliphatic rings. The van der Waals surface area contributed by atoms with Crippen molar-refractivity contribution in [3.8, 4) is 11.5 Å². The average Bonchev–Trinajstić information content (AvgIpc) is 2.29. The van der Waals surface area contributed by atoms with E-state index in [-0.39, 0.29) is 12.4 Å². The SMILES string of the molecule is Oc1ccc(COc2ccccc2)c(F)c1. The predicted octanol–water partition coefficient (Wildman–Crippen LogP) is 3.11. The number of aromatic hydroxyl groups is 1. The Morgan fingerprint density at radius 3 is 2.50 bits per heavy atom. The van der Waals surface area contributed by atoms with Gasteiger partial charge in [0.1, 0.15) is 23.9 Å². The Hall–Kier alpha value is -2.03. The summed E-state index contributed by atoms with van der Waals surface area (Å²) in [5.41, 5.74) is 0.418. The summed E-state index contributed by atoms with van der Waals surface area (Å²) in [5, 5.41) is 9.04. The molecule has 0 heterocycles. The highest BCUT2D eigenvalue weighted by Crippen LogP contribution is 2.17. The van der Waals surface area contributed by atoms with Crippen LogP contribution in [0, 0.1) is 5.82 Å². The molecule has 0 unspecified atom stereocenters. The van der Waals surface area contributed by atoms with Crippen LogP contribution in [0.15, 0.2) is 48.5 Å². The van der Waals surface area contributed by atoms with Crippen molar-refractivity contribution in [1.29, 1.82) is 0 Å². The third-order valence-corrected chi connectivity index (χ3v) is 2.17. The first-order chi connectivity index (χ1) is 7.75.